The number of hydrogen-bond acceptors (Lipinski definition) is 4. The lowest BCUT2D eigenvalue weighted by Gasteiger charge is -2.14. The van der Waals surface area contributed by atoms with Gasteiger partial charge in [0.05, 0.1) is 13.7 Å². The first-order valence-corrected chi connectivity index (χ1v) is 6.48. The van der Waals surface area contributed by atoms with Crippen LogP contribution in [0.25, 0.3) is 6.08 Å². The quantitative estimate of drug-likeness (QED) is 0.863. The van der Waals surface area contributed by atoms with E-state index in [9.17, 15) is 14.4 Å². The van der Waals surface area contributed by atoms with Crippen LogP contribution in [-0.4, -0.2) is 28.2 Å². The number of halogens is 1. The van der Waals surface area contributed by atoms with Crippen LogP contribution >= 0.6 is 0 Å². The molecule has 0 radical (unpaired) electrons. The fraction of sp³-hybridized carbons (Fsp3) is 0.125. The summed E-state index contributed by atoms with van der Waals surface area (Å²) in [6.45, 7) is 3.27. The molecule has 1 aromatic carbocycles. The van der Waals surface area contributed by atoms with E-state index in [-0.39, 0.29) is 23.1 Å². The number of aromatic nitrogens is 1. The number of aromatic hydroxyl groups is 1. The summed E-state index contributed by atoms with van der Waals surface area (Å²) in [6, 6.07) is 10.1. The third-order valence-electron chi connectivity index (χ3n) is 3.01. The van der Waals surface area contributed by atoms with Crippen molar-refractivity contribution in [2.45, 2.75) is 6.54 Å². The van der Waals surface area contributed by atoms with Crippen LogP contribution < -0.4 is 4.74 Å². The second kappa shape index (κ2) is 6.71. The second-order valence-corrected chi connectivity index (χ2v) is 4.47. The zero-order chi connectivity index (χ0) is 16.1. The van der Waals surface area contributed by atoms with E-state index >= 15 is 0 Å². The third kappa shape index (κ3) is 3.22. The van der Waals surface area contributed by atoms with Gasteiger partial charge in [-0.1, -0.05) is 47.5 Å². The number of nitrogens with zero attached hydrogens (tertiary/aromatic N) is 2. The van der Waals surface area contributed by atoms with E-state index in [0.29, 0.717) is 5.56 Å². The maximum atomic E-state index is 14.1. The fourth-order valence-corrected chi connectivity index (χ4v) is 1.87. The maximum absolute atomic E-state index is 14.1. The van der Waals surface area contributed by atoms with Gasteiger partial charge in [0.25, 0.3) is 0 Å². The van der Waals surface area contributed by atoms with Crippen LogP contribution in [0.2, 0.25) is 0 Å². The van der Waals surface area contributed by atoms with Crippen LogP contribution in [0, 0.1) is 0 Å². The summed E-state index contributed by atoms with van der Waals surface area (Å²) >= 11 is 0. The molecule has 0 fully saturated rings. The Labute approximate surface area is 127 Å². The molecular weight excluding hydrogens is 287 g/mol. The van der Waals surface area contributed by atoms with E-state index in [4.69, 9.17) is 4.74 Å². The number of pyridine rings is 1. The Kier molecular flexibility index (Phi) is 4.73. The van der Waals surface area contributed by atoms with Gasteiger partial charge in [-0.15, -0.1) is 0 Å². The number of carbonyl (C=O) groups is 1. The third-order valence-corrected chi connectivity index (χ3v) is 3.01. The monoisotopic (exact) mass is 302 g/mol. The standard InChI is InChI=1S/C16H15FN2O3/c1-3-12-9-13(22-2)18-14(15(12)20)16(21)19(17)10-11-7-5-4-6-8-11/h3-9,20H,1,10H2,2H3. The van der Waals surface area contributed by atoms with Gasteiger partial charge in [-0.25, -0.2) is 4.98 Å². The van der Waals surface area contributed by atoms with Crippen molar-refractivity contribution in [3.05, 3.63) is 59.8 Å². The van der Waals surface area contributed by atoms with Gasteiger partial charge in [-0.3, -0.25) is 4.79 Å². The molecule has 1 amide bonds. The summed E-state index contributed by atoms with van der Waals surface area (Å²) in [6.07, 6.45) is 1.33. The Hall–Kier alpha value is -2.89. The Morgan fingerprint density at radius 2 is 2.14 bits per heavy atom. The van der Waals surface area contributed by atoms with Gasteiger partial charge < -0.3 is 9.84 Å². The molecule has 6 heteroatoms. The molecule has 114 valence electrons. The van der Waals surface area contributed by atoms with Crippen LogP contribution in [0.4, 0.5) is 4.48 Å². The number of ether oxygens (including phenoxy) is 1. The molecular formula is C16H15FN2O3. The lowest BCUT2D eigenvalue weighted by molar-refractivity contribution is 0.0138. The van der Waals surface area contributed by atoms with Gasteiger partial charge in [0, 0.05) is 11.6 Å². The van der Waals surface area contributed by atoms with E-state index < -0.39 is 17.4 Å². The zero-order valence-corrected chi connectivity index (χ0v) is 12.0. The minimum absolute atomic E-state index is 0.0102. The van der Waals surface area contributed by atoms with Crippen molar-refractivity contribution in [3.63, 3.8) is 0 Å². The highest BCUT2D eigenvalue weighted by Gasteiger charge is 2.23. The van der Waals surface area contributed by atoms with Crippen LogP contribution in [0.3, 0.4) is 0 Å². The molecule has 0 aliphatic rings. The molecule has 1 N–H and O–H groups in total. The molecule has 2 rings (SSSR count). The lowest BCUT2D eigenvalue weighted by Crippen LogP contribution is -2.23. The first kappa shape index (κ1) is 15.5. The number of hydrogen-bond donors (Lipinski definition) is 1. The Morgan fingerprint density at radius 3 is 2.73 bits per heavy atom. The zero-order valence-electron chi connectivity index (χ0n) is 12.0. The number of amides is 1. The van der Waals surface area contributed by atoms with Gasteiger partial charge in [-0.2, -0.15) is 5.12 Å². The molecule has 0 bridgehead atoms. The number of carbonyl (C=O) groups excluding carboxylic acids is 1. The van der Waals surface area contributed by atoms with Gasteiger partial charge >= 0.3 is 5.91 Å². The van der Waals surface area contributed by atoms with Gasteiger partial charge in [0.1, 0.15) is 0 Å². The van der Waals surface area contributed by atoms with Crippen molar-refractivity contribution < 1.29 is 19.1 Å². The smallest absolute Gasteiger partial charge is 0.304 e. The molecule has 0 aliphatic heterocycles. The Balaban J connectivity index is 2.30. The molecule has 0 saturated carbocycles. The lowest BCUT2D eigenvalue weighted by atomic mass is 10.1. The summed E-state index contributed by atoms with van der Waals surface area (Å²) in [5.41, 5.74) is 0.431. The molecule has 1 heterocycles. The largest absolute Gasteiger partial charge is 0.505 e. The minimum Gasteiger partial charge on any atom is -0.505 e. The predicted molar refractivity (Wildman–Crippen MR) is 80.0 cm³/mol. The first-order chi connectivity index (χ1) is 10.6. The van der Waals surface area contributed by atoms with Crippen molar-refractivity contribution in [1.82, 2.24) is 10.1 Å². The number of rotatable bonds is 5. The van der Waals surface area contributed by atoms with Crippen molar-refractivity contribution in [1.29, 1.82) is 0 Å². The van der Waals surface area contributed by atoms with Crippen molar-refractivity contribution in [2.75, 3.05) is 7.11 Å². The van der Waals surface area contributed by atoms with Gasteiger partial charge in [0.2, 0.25) is 5.88 Å². The highest BCUT2D eigenvalue weighted by Crippen LogP contribution is 2.27. The molecule has 0 unspecified atom stereocenters. The number of benzene rings is 1. The van der Waals surface area contributed by atoms with Crippen LogP contribution in [0.1, 0.15) is 21.6 Å². The Bertz CT molecular complexity index is 689. The highest BCUT2D eigenvalue weighted by molar-refractivity contribution is 5.95. The van der Waals surface area contributed by atoms with Crippen molar-refractivity contribution in [2.24, 2.45) is 0 Å². The summed E-state index contributed by atoms with van der Waals surface area (Å²) in [5.74, 6) is -1.40. The van der Waals surface area contributed by atoms with Crippen LogP contribution in [-0.2, 0) is 6.54 Å². The maximum Gasteiger partial charge on any atom is 0.304 e. The summed E-state index contributed by atoms with van der Waals surface area (Å²) in [5, 5.41) is 9.98. The van der Waals surface area contributed by atoms with E-state index in [2.05, 4.69) is 11.6 Å². The normalized spacial score (nSPS) is 10.1. The molecule has 0 saturated heterocycles. The van der Waals surface area contributed by atoms with Gasteiger partial charge in [-0.05, 0) is 5.56 Å². The molecule has 5 nitrogen and oxygen atoms in total. The fourth-order valence-electron chi connectivity index (χ4n) is 1.87. The highest BCUT2D eigenvalue weighted by atomic mass is 19.2. The van der Waals surface area contributed by atoms with Crippen LogP contribution in [0.5, 0.6) is 11.6 Å². The van der Waals surface area contributed by atoms with Crippen molar-refractivity contribution in [3.8, 4) is 11.6 Å². The second-order valence-electron chi connectivity index (χ2n) is 4.47. The van der Waals surface area contributed by atoms with E-state index in [1.54, 1.807) is 30.3 Å². The van der Waals surface area contributed by atoms with Crippen LogP contribution in [0.15, 0.2) is 43.0 Å². The molecule has 0 spiro atoms. The predicted octanol–water partition coefficient (Wildman–Crippen LogP) is 2.97. The van der Waals surface area contributed by atoms with E-state index in [1.165, 1.54) is 19.3 Å². The summed E-state index contributed by atoms with van der Waals surface area (Å²) in [7, 11) is 1.36. The minimum atomic E-state index is -1.05. The first-order valence-electron chi connectivity index (χ1n) is 6.48. The number of methoxy groups -OCH3 is 1. The average molecular weight is 302 g/mol. The van der Waals surface area contributed by atoms with Gasteiger partial charge in [0.15, 0.2) is 11.4 Å². The SMILES string of the molecule is C=Cc1cc(OC)nc(C(=O)N(F)Cc2ccccc2)c1O. The van der Waals surface area contributed by atoms with Crippen molar-refractivity contribution >= 4 is 12.0 Å². The van der Waals surface area contributed by atoms with E-state index in [1.807, 2.05) is 0 Å². The molecule has 0 atom stereocenters. The molecule has 0 aliphatic carbocycles. The average Bonchev–Trinajstić information content (AvgIpc) is 2.55. The molecule has 22 heavy (non-hydrogen) atoms. The molecule has 1 aromatic heterocycles. The van der Waals surface area contributed by atoms with E-state index in [0.717, 1.165) is 0 Å². The summed E-state index contributed by atoms with van der Waals surface area (Å²) < 4.78 is 19.0. The molecule has 2 aromatic rings. The Morgan fingerprint density at radius 1 is 1.45 bits per heavy atom. The topological polar surface area (TPSA) is 62.7 Å². The summed E-state index contributed by atoms with van der Waals surface area (Å²) in [4.78, 5) is 16.0.